The van der Waals surface area contributed by atoms with Crippen molar-refractivity contribution >= 4 is 5.82 Å². The molecule has 17 heavy (non-hydrogen) atoms. The van der Waals surface area contributed by atoms with Gasteiger partial charge in [-0.05, 0) is 13.0 Å². The van der Waals surface area contributed by atoms with Crippen LogP contribution in [0.15, 0.2) is 30.6 Å². The lowest BCUT2D eigenvalue weighted by atomic mass is 10.2. The SMILES string of the molecule is Cc1cc(NCc2ccc(F)cc2F)ncn1. The molecule has 0 amide bonds. The Morgan fingerprint density at radius 1 is 1.18 bits per heavy atom. The van der Waals surface area contributed by atoms with Crippen LogP contribution in [0.5, 0.6) is 0 Å². The molecule has 0 bridgehead atoms. The normalized spacial score (nSPS) is 10.3. The van der Waals surface area contributed by atoms with Crippen LogP contribution < -0.4 is 5.32 Å². The van der Waals surface area contributed by atoms with E-state index in [1.54, 1.807) is 6.07 Å². The minimum Gasteiger partial charge on any atom is -0.366 e. The molecule has 0 aliphatic heterocycles. The van der Waals surface area contributed by atoms with Crippen molar-refractivity contribution in [3.8, 4) is 0 Å². The molecule has 0 saturated heterocycles. The third-order valence-corrected chi connectivity index (χ3v) is 2.28. The van der Waals surface area contributed by atoms with Crippen LogP contribution in [0.1, 0.15) is 11.3 Å². The minimum atomic E-state index is -0.580. The Morgan fingerprint density at radius 3 is 2.71 bits per heavy atom. The number of benzene rings is 1. The highest BCUT2D eigenvalue weighted by molar-refractivity contribution is 5.36. The third kappa shape index (κ3) is 2.96. The van der Waals surface area contributed by atoms with Crippen LogP contribution >= 0.6 is 0 Å². The first-order valence-corrected chi connectivity index (χ1v) is 5.11. The molecule has 0 fully saturated rings. The molecule has 1 heterocycles. The van der Waals surface area contributed by atoms with Gasteiger partial charge in [0.25, 0.3) is 0 Å². The van der Waals surface area contributed by atoms with E-state index in [2.05, 4.69) is 15.3 Å². The monoisotopic (exact) mass is 235 g/mol. The van der Waals surface area contributed by atoms with Crippen LogP contribution in [0, 0.1) is 18.6 Å². The van der Waals surface area contributed by atoms with Crippen LogP contribution in [0.2, 0.25) is 0 Å². The Balaban J connectivity index is 2.07. The van der Waals surface area contributed by atoms with Gasteiger partial charge in [0, 0.05) is 29.9 Å². The quantitative estimate of drug-likeness (QED) is 0.888. The van der Waals surface area contributed by atoms with E-state index in [0.29, 0.717) is 11.4 Å². The van der Waals surface area contributed by atoms with E-state index in [9.17, 15) is 8.78 Å². The second kappa shape index (κ2) is 4.86. The number of aromatic nitrogens is 2. The van der Waals surface area contributed by atoms with Gasteiger partial charge in [-0.1, -0.05) is 6.07 Å². The van der Waals surface area contributed by atoms with Gasteiger partial charge in [0.1, 0.15) is 23.8 Å². The van der Waals surface area contributed by atoms with E-state index in [1.165, 1.54) is 18.5 Å². The first-order chi connectivity index (χ1) is 8.15. The zero-order valence-electron chi connectivity index (χ0n) is 9.24. The summed E-state index contributed by atoms with van der Waals surface area (Å²) in [5.41, 5.74) is 1.21. The minimum absolute atomic E-state index is 0.253. The number of hydrogen-bond donors (Lipinski definition) is 1. The molecule has 1 aromatic carbocycles. The standard InChI is InChI=1S/C12H11F2N3/c1-8-4-12(17-7-16-8)15-6-9-2-3-10(13)5-11(9)14/h2-5,7H,6H2,1H3,(H,15,16,17). The average molecular weight is 235 g/mol. The zero-order valence-corrected chi connectivity index (χ0v) is 9.24. The largest absolute Gasteiger partial charge is 0.366 e. The lowest BCUT2D eigenvalue weighted by Crippen LogP contribution is -2.04. The molecule has 0 unspecified atom stereocenters. The molecule has 0 radical (unpaired) electrons. The number of halogens is 2. The first kappa shape index (κ1) is 11.4. The number of hydrogen-bond acceptors (Lipinski definition) is 3. The van der Waals surface area contributed by atoms with Gasteiger partial charge in [-0.15, -0.1) is 0 Å². The highest BCUT2D eigenvalue weighted by atomic mass is 19.1. The Hall–Kier alpha value is -2.04. The summed E-state index contributed by atoms with van der Waals surface area (Å²) >= 11 is 0. The van der Waals surface area contributed by atoms with Gasteiger partial charge >= 0.3 is 0 Å². The summed E-state index contributed by atoms with van der Waals surface area (Å²) in [7, 11) is 0. The van der Waals surface area contributed by atoms with E-state index in [1.807, 2.05) is 6.92 Å². The molecule has 88 valence electrons. The fourth-order valence-electron chi connectivity index (χ4n) is 1.40. The van der Waals surface area contributed by atoms with Crippen LogP contribution in [0.4, 0.5) is 14.6 Å². The van der Waals surface area contributed by atoms with Crippen LogP contribution in [0.25, 0.3) is 0 Å². The molecule has 2 aromatic rings. The molecule has 2 rings (SSSR count). The summed E-state index contributed by atoms with van der Waals surface area (Å²) in [6.07, 6.45) is 1.43. The molecule has 0 aliphatic carbocycles. The molecule has 1 N–H and O–H groups in total. The van der Waals surface area contributed by atoms with E-state index < -0.39 is 11.6 Å². The van der Waals surface area contributed by atoms with E-state index in [4.69, 9.17) is 0 Å². The molecule has 3 nitrogen and oxygen atoms in total. The Kier molecular flexibility index (Phi) is 3.27. The van der Waals surface area contributed by atoms with E-state index in [0.717, 1.165) is 11.8 Å². The molecular formula is C12H11F2N3. The van der Waals surface area contributed by atoms with Crippen molar-refractivity contribution in [1.82, 2.24) is 9.97 Å². The lowest BCUT2D eigenvalue weighted by molar-refractivity contribution is 0.574. The fraction of sp³-hybridized carbons (Fsp3) is 0.167. The maximum atomic E-state index is 13.3. The molecule has 0 aliphatic rings. The van der Waals surface area contributed by atoms with Crippen molar-refractivity contribution in [1.29, 1.82) is 0 Å². The van der Waals surface area contributed by atoms with Crippen molar-refractivity contribution in [3.63, 3.8) is 0 Å². The average Bonchev–Trinajstić information content (AvgIpc) is 2.28. The predicted molar refractivity (Wildman–Crippen MR) is 60.5 cm³/mol. The highest BCUT2D eigenvalue weighted by Crippen LogP contribution is 2.11. The fourth-order valence-corrected chi connectivity index (χ4v) is 1.40. The van der Waals surface area contributed by atoms with Gasteiger partial charge < -0.3 is 5.32 Å². The number of anilines is 1. The van der Waals surface area contributed by atoms with Gasteiger partial charge in [0.2, 0.25) is 0 Å². The van der Waals surface area contributed by atoms with Crippen molar-refractivity contribution in [2.45, 2.75) is 13.5 Å². The van der Waals surface area contributed by atoms with Crippen molar-refractivity contribution in [2.75, 3.05) is 5.32 Å². The first-order valence-electron chi connectivity index (χ1n) is 5.11. The second-order valence-electron chi connectivity index (χ2n) is 3.63. The number of nitrogens with one attached hydrogen (secondary N) is 1. The summed E-state index contributed by atoms with van der Waals surface area (Å²) < 4.78 is 26.0. The maximum Gasteiger partial charge on any atom is 0.131 e. The lowest BCUT2D eigenvalue weighted by Gasteiger charge is -2.06. The van der Waals surface area contributed by atoms with Gasteiger partial charge in [-0.2, -0.15) is 0 Å². The molecule has 0 spiro atoms. The van der Waals surface area contributed by atoms with Crippen molar-refractivity contribution in [2.24, 2.45) is 0 Å². The smallest absolute Gasteiger partial charge is 0.131 e. The van der Waals surface area contributed by atoms with Crippen molar-refractivity contribution < 1.29 is 8.78 Å². The third-order valence-electron chi connectivity index (χ3n) is 2.28. The van der Waals surface area contributed by atoms with Gasteiger partial charge in [-0.3, -0.25) is 0 Å². The summed E-state index contributed by atoms with van der Waals surface area (Å²) in [5.74, 6) is -0.534. The molecule has 0 saturated carbocycles. The van der Waals surface area contributed by atoms with E-state index >= 15 is 0 Å². The molecular weight excluding hydrogens is 224 g/mol. The number of aryl methyl sites for hydroxylation is 1. The predicted octanol–water partition coefficient (Wildman–Crippen LogP) is 2.68. The van der Waals surface area contributed by atoms with Gasteiger partial charge in [0.15, 0.2) is 0 Å². The Labute approximate surface area is 97.5 Å². The highest BCUT2D eigenvalue weighted by Gasteiger charge is 2.03. The van der Waals surface area contributed by atoms with Crippen molar-refractivity contribution in [3.05, 3.63) is 53.5 Å². The Morgan fingerprint density at radius 2 is 2.00 bits per heavy atom. The molecule has 0 atom stereocenters. The molecule has 5 heteroatoms. The number of nitrogens with zero attached hydrogens (tertiary/aromatic N) is 2. The zero-order chi connectivity index (χ0) is 12.3. The topological polar surface area (TPSA) is 37.8 Å². The van der Waals surface area contributed by atoms with Crippen LogP contribution in [-0.2, 0) is 6.54 Å². The molecule has 1 aromatic heterocycles. The summed E-state index contributed by atoms with van der Waals surface area (Å²) in [6, 6.07) is 5.25. The van der Waals surface area contributed by atoms with Crippen LogP contribution in [0.3, 0.4) is 0 Å². The maximum absolute atomic E-state index is 13.3. The van der Waals surface area contributed by atoms with Gasteiger partial charge in [0.05, 0.1) is 0 Å². The second-order valence-corrected chi connectivity index (χ2v) is 3.63. The van der Waals surface area contributed by atoms with E-state index in [-0.39, 0.29) is 6.54 Å². The van der Waals surface area contributed by atoms with Crippen LogP contribution in [-0.4, -0.2) is 9.97 Å². The van der Waals surface area contributed by atoms with Gasteiger partial charge in [-0.25, -0.2) is 18.7 Å². The number of rotatable bonds is 3. The summed E-state index contributed by atoms with van der Waals surface area (Å²) in [4.78, 5) is 7.93. The Bertz CT molecular complexity index is 529. The summed E-state index contributed by atoms with van der Waals surface area (Å²) in [5, 5.41) is 2.95. The summed E-state index contributed by atoms with van der Waals surface area (Å²) in [6.45, 7) is 2.09.